The Balaban J connectivity index is 1.69. The van der Waals surface area contributed by atoms with Crippen LogP contribution < -0.4 is 5.32 Å². The summed E-state index contributed by atoms with van der Waals surface area (Å²) < 4.78 is 5.43. The summed E-state index contributed by atoms with van der Waals surface area (Å²) in [6.45, 7) is 6.78. The lowest BCUT2D eigenvalue weighted by Crippen LogP contribution is -2.49. The van der Waals surface area contributed by atoms with Crippen LogP contribution in [0.15, 0.2) is 18.5 Å². The molecule has 0 saturated carbocycles. The van der Waals surface area contributed by atoms with Crippen molar-refractivity contribution in [3.05, 3.63) is 23.6 Å². The standard InChI is InChI=1S/C18H24ClN5O3/c1-18(2,3)27-17(26)24-7-4-13(25)11(10-24)9-22-16-15-12(8-14(19)23-16)20-5-6-21-15/h5-6,8,11,13,25H,4,7,9-10H2,1-3H3,(H,22,23)/t11-,13+/m1/s1. The Kier molecular flexibility index (Phi) is 5.67. The van der Waals surface area contributed by atoms with Crippen molar-refractivity contribution in [2.45, 2.75) is 38.9 Å². The molecule has 0 aliphatic carbocycles. The molecular formula is C18H24ClN5O3. The number of aliphatic hydroxyl groups is 1. The topological polar surface area (TPSA) is 100 Å². The van der Waals surface area contributed by atoms with Crippen molar-refractivity contribution in [2.75, 3.05) is 25.0 Å². The van der Waals surface area contributed by atoms with E-state index in [1.54, 1.807) is 23.4 Å². The summed E-state index contributed by atoms with van der Waals surface area (Å²) in [5.74, 6) is 0.339. The summed E-state index contributed by atoms with van der Waals surface area (Å²) in [7, 11) is 0. The van der Waals surface area contributed by atoms with Gasteiger partial charge in [0.05, 0.1) is 11.6 Å². The number of rotatable bonds is 3. The van der Waals surface area contributed by atoms with E-state index < -0.39 is 11.7 Å². The number of nitrogens with one attached hydrogen (secondary N) is 1. The molecule has 2 aromatic rings. The molecule has 0 bridgehead atoms. The smallest absolute Gasteiger partial charge is 0.410 e. The fraction of sp³-hybridized carbons (Fsp3) is 0.556. The molecule has 0 aromatic carbocycles. The fourth-order valence-corrected chi connectivity index (χ4v) is 3.19. The molecule has 1 aliphatic heterocycles. The van der Waals surface area contributed by atoms with Crippen LogP contribution in [0.5, 0.6) is 0 Å². The van der Waals surface area contributed by atoms with E-state index in [1.165, 1.54) is 0 Å². The van der Waals surface area contributed by atoms with Gasteiger partial charge < -0.3 is 20.1 Å². The summed E-state index contributed by atoms with van der Waals surface area (Å²) >= 11 is 6.06. The van der Waals surface area contributed by atoms with Crippen LogP contribution in [0, 0.1) is 5.92 Å². The summed E-state index contributed by atoms with van der Waals surface area (Å²) in [6, 6.07) is 1.65. The van der Waals surface area contributed by atoms with Crippen molar-refractivity contribution in [3.8, 4) is 0 Å². The predicted molar refractivity (Wildman–Crippen MR) is 103 cm³/mol. The van der Waals surface area contributed by atoms with Crippen LogP contribution in [0.4, 0.5) is 10.6 Å². The lowest BCUT2D eigenvalue weighted by atomic mass is 9.95. The molecule has 3 rings (SSSR count). The van der Waals surface area contributed by atoms with Gasteiger partial charge in [0.25, 0.3) is 0 Å². The van der Waals surface area contributed by atoms with Gasteiger partial charge in [0, 0.05) is 44.0 Å². The molecule has 3 heterocycles. The maximum absolute atomic E-state index is 12.3. The molecular weight excluding hydrogens is 370 g/mol. The van der Waals surface area contributed by atoms with Crippen molar-refractivity contribution in [1.29, 1.82) is 0 Å². The average molecular weight is 394 g/mol. The minimum absolute atomic E-state index is 0.168. The maximum Gasteiger partial charge on any atom is 0.410 e. The molecule has 146 valence electrons. The van der Waals surface area contributed by atoms with Crippen LogP contribution in [0.25, 0.3) is 11.0 Å². The fourth-order valence-electron chi connectivity index (χ4n) is 3.01. The molecule has 1 aliphatic rings. The molecule has 27 heavy (non-hydrogen) atoms. The Hall–Kier alpha value is -2.19. The quantitative estimate of drug-likeness (QED) is 0.773. The van der Waals surface area contributed by atoms with Gasteiger partial charge in [0.15, 0.2) is 5.82 Å². The Morgan fingerprint density at radius 3 is 2.89 bits per heavy atom. The number of aromatic nitrogens is 3. The van der Waals surface area contributed by atoms with Gasteiger partial charge in [-0.05, 0) is 27.2 Å². The number of fused-ring (bicyclic) bond motifs is 1. The second kappa shape index (κ2) is 7.82. The molecule has 0 radical (unpaired) electrons. The maximum atomic E-state index is 12.3. The lowest BCUT2D eigenvalue weighted by Gasteiger charge is -2.37. The summed E-state index contributed by atoms with van der Waals surface area (Å²) in [5, 5.41) is 13.9. The Bertz CT molecular complexity index is 826. The van der Waals surface area contributed by atoms with E-state index in [0.29, 0.717) is 48.1 Å². The van der Waals surface area contributed by atoms with Crippen molar-refractivity contribution in [3.63, 3.8) is 0 Å². The largest absolute Gasteiger partial charge is 0.444 e. The molecule has 0 unspecified atom stereocenters. The lowest BCUT2D eigenvalue weighted by molar-refractivity contribution is -0.00583. The van der Waals surface area contributed by atoms with Crippen molar-refractivity contribution >= 4 is 34.5 Å². The molecule has 2 N–H and O–H groups in total. The van der Waals surface area contributed by atoms with E-state index in [9.17, 15) is 9.90 Å². The average Bonchev–Trinajstić information content (AvgIpc) is 2.59. The highest BCUT2D eigenvalue weighted by Crippen LogP contribution is 2.24. The highest BCUT2D eigenvalue weighted by atomic mass is 35.5. The third-order valence-corrected chi connectivity index (χ3v) is 4.50. The second-order valence-corrected chi connectivity index (χ2v) is 8.03. The van der Waals surface area contributed by atoms with E-state index in [1.807, 2.05) is 20.8 Å². The van der Waals surface area contributed by atoms with Gasteiger partial charge in [-0.25, -0.2) is 14.8 Å². The molecule has 8 nitrogen and oxygen atoms in total. The number of hydrogen-bond acceptors (Lipinski definition) is 7. The first-order valence-electron chi connectivity index (χ1n) is 8.90. The highest BCUT2D eigenvalue weighted by Gasteiger charge is 2.32. The number of ether oxygens (including phenoxy) is 1. The third-order valence-electron chi connectivity index (χ3n) is 4.30. The van der Waals surface area contributed by atoms with Gasteiger partial charge in [0.2, 0.25) is 0 Å². The van der Waals surface area contributed by atoms with E-state index in [0.717, 1.165) is 0 Å². The molecule has 1 amide bonds. The summed E-state index contributed by atoms with van der Waals surface area (Å²) in [4.78, 5) is 26.8. The molecule has 2 atom stereocenters. The molecule has 1 fully saturated rings. The van der Waals surface area contributed by atoms with Gasteiger partial charge in [0.1, 0.15) is 16.3 Å². The Labute approximate surface area is 162 Å². The van der Waals surface area contributed by atoms with Gasteiger partial charge in [-0.3, -0.25) is 4.98 Å². The van der Waals surface area contributed by atoms with Crippen LogP contribution in [0.2, 0.25) is 5.15 Å². The second-order valence-electron chi connectivity index (χ2n) is 7.64. The number of hydrogen-bond donors (Lipinski definition) is 2. The molecule has 1 saturated heterocycles. The zero-order valence-corrected chi connectivity index (χ0v) is 16.4. The first kappa shape index (κ1) is 19.6. The van der Waals surface area contributed by atoms with E-state index in [-0.39, 0.29) is 12.0 Å². The van der Waals surface area contributed by atoms with Gasteiger partial charge in [-0.1, -0.05) is 11.6 Å². The molecule has 9 heteroatoms. The number of piperidine rings is 1. The van der Waals surface area contributed by atoms with Gasteiger partial charge >= 0.3 is 6.09 Å². The minimum Gasteiger partial charge on any atom is -0.444 e. The third kappa shape index (κ3) is 4.95. The number of aliphatic hydroxyl groups excluding tert-OH is 1. The van der Waals surface area contributed by atoms with E-state index >= 15 is 0 Å². The van der Waals surface area contributed by atoms with Gasteiger partial charge in [-0.15, -0.1) is 0 Å². The number of nitrogens with zero attached hydrogens (tertiary/aromatic N) is 4. The number of carbonyl (C=O) groups is 1. The Morgan fingerprint density at radius 1 is 1.41 bits per heavy atom. The van der Waals surface area contributed by atoms with Crippen molar-refractivity contribution in [1.82, 2.24) is 19.9 Å². The summed E-state index contributed by atoms with van der Waals surface area (Å²) in [6.07, 6.45) is 2.79. The van der Waals surface area contributed by atoms with E-state index in [2.05, 4.69) is 20.3 Å². The molecule has 2 aromatic heterocycles. The summed E-state index contributed by atoms with van der Waals surface area (Å²) in [5.41, 5.74) is 0.694. The number of likely N-dealkylation sites (tertiary alicyclic amines) is 1. The normalized spacial score (nSPS) is 20.6. The van der Waals surface area contributed by atoms with E-state index in [4.69, 9.17) is 16.3 Å². The Morgan fingerprint density at radius 2 is 2.15 bits per heavy atom. The van der Waals surface area contributed by atoms with Crippen LogP contribution >= 0.6 is 11.6 Å². The number of carbonyl (C=O) groups excluding carboxylic acids is 1. The minimum atomic E-state index is -0.552. The van der Waals surface area contributed by atoms with Crippen LogP contribution in [0.3, 0.4) is 0 Å². The highest BCUT2D eigenvalue weighted by molar-refractivity contribution is 6.30. The number of halogens is 1. The monoisotopic (exact) mass is 393 g/mol. The predicted octanol–water partition coefficient (Wildman–Crippen LogP) is 2.71. The first-order valence-corrected chi connectivity index (χ1v) is 9.28. The van der Waals surface area contributed by atoms with Gasteiger partial charge in [-0.2, -0.15) is 0 Å². The van der Waals surface area contributed by atoms with Crippen LogP contribution in [0.1, 0.15) is 27.2 Å². The zero-order valence-electron chi connectivity index (χ0n) is 15.6. The van der Waals surface area contributed by atoms with Crippen molar-refractivity contribution < 1.29 is 14.6 Å². The zero-order chi connectivity index (χ0) is 19.6. The van der Waals surface area contributed by atoms with Crippen LogP contribution in [-0.2, 0) is 4.74 Å². The number of pyridine rings is 1. The van der Waals surface area contributed by atoms with Crippen molar-refractivity contribution in [2.24, 2.45) is 5.92 Å². The van der Waals surface area contributed by atoms with Crippen LogP contribution in [-0.4, -0.2) is 62.4 Å². The number of amides is 1. The first-order chi connectivity index (χ1) is 12.7. The molecule has 0 spiro atoms. The SMILES string of the molecule is CC(C)(C)OC(=O)N1CC[C@H](O)[C@H](CNc2nc(Cl)cc3nccnc23)C1. The number of anilines is 1.